The second kappa shape index (κ2) is 8.19. The molecule has 0 atom stereocenters. The van der Waals surface area contributed by atoms with E-state index in [1.54, 1.807) is 0 Å². The highest BCUT2D eigenvalue weighted by molar-refractivity contribution is 6.30. The van der Waals surface area contributed by atoms with E-state index >= 15 is 0 Å². The van der Waals surface area contributed by atoms with Gasteiger partial charge in [0.05, 0.1) is 6.54 Å². The highest BCUT2D eigenvalue weighted by Crippen LogP contribution is 2.25. The van der Waals surface area contributed by atoms with Crippen LogP contribution in [0.3, 0.4) is 0 Å². The fraction of sp³-hybridized carbons (Fsp3) is 0.579. The number of halogens is 1. The van der Waals surface area contributed by atoms with Gasteiger partial charge < -0.3 is 9.42 Å². The van der Waals surface area contributed by atoms with E-state index in [0.29, 0.717) is 12.0 Å². The van der Waals surface area contributed by atoms with Gasteiger partial charge in [0.25, 0.3) is 0 Å². The molecule has 1 aromatic carbocycles. The van der Waals surface area contributed by atoms with E-state index in [0.717, 1.165) is 55.6 Å². The largest absolute Gasteiger partial charge is 0.371 e. The van der Waals surface area contributed by atoms with Crippen molar-refractivity contribution in [1.82, 2.24) is 15.0 Å². The molecule has 0 aliphatic carbocycles. The molecule has 5 nitrogen and oxygen atoms in total. The zero-order valence-electron chi connectivity index (χ0n) is 15.3. The maximum Gasteiger partial charge on any atom is 0.226 e. The summed E-state index contributed by atoms with van der Waals surface area (Å²) in [6.45, 7) is 7.14. The van der Waals surface area contributed by atoms with Crippen LogP contribution in [0.15, 0.2) is 28.8 Å². The average molecular weight is 363 g/mol. The molecule has 0 spiro atoms. The Kier molecular flexibility index (Phi) is 5.97. The van der Waals surface area contributed by atoms with Gasteiger partial charge in [-0.05, 0) is 44.0 Å². The van der Waals surface area contributed by atoms with Gasteiger partial charge in [0.15, 0.2) is 5.82 Å². The van der Waals surface area contributed by atoms with Crippen LogP contribution in [0, 0.1) is 5.92 Å². The lowest BCUT2D eigenvalue weighted by Crippen LogP contribution is -2.43. The molecule has 0 bridgehead atoms. The average Bonchev–Trinajstić information content (AvgIpc) is 3.01. The first-order valence-corrected chi connectivity index (χ1v) is 9.41. The van der Waals surface area contributed by atoms with Gasteiger partial charge in [0, 0.05) is 36.3 Å². The molecule has 6 heteroatoms. The molecule has 3 rings (SSSR count). The fourth-order valence-electron chi connectivity index (χ4n) is 3.38. The van der Waals surface area contributed by atoms with Crippen LogP contribution in [0.2, 0.25) is 5.02 Å². The summed E-state index contributed by atoms with van der Waals surface area (Å²) in [5.41, 5.74) is 1.21. The van der Waals surface area contributed by atoms with Crippen molar-refractivity contribution in [3.05, 3.63) is 41.0 Å². The highest BCUT2D eigenvalue weighted by atomic mass is 35.5. The summed E-state index contributed by atoms with van der Waals surface area (Å²) in [5.74, 6) is 2.06. The van der Waals surface area contributed by atoms with Crippen LogP contribution in [-0.4, -0.2) is 41.2 Å². The van der Waals surface area contributed by atoms with E-state index in [1.165, 1.54) is 5.69 Å². The molecular formula is C19H27ClN4O. The van der Waals surface area contributed by atoms with Gasteiger partial charge in [-0.1, -0.05) is 36.7 Å². The Morgan fingerprint density at radius 3 is 2.76 bits per heavy atom. The zero-order valence-corrected chi connectivity index (χ0v) is 16.0. The summed E-state index contributed by atoms with van der Waals surface area (Å²) < 4.78 is 5.34. The summed E-state index contributed by atoms with van der Waals surface area (Å²) in [7, 11) is 2.15. The monoisotopic (exact) mass is 362 g/mol. The van der Waals surface area contributed by atoms with Crippen LogP contribution in [0.25, 0.3) is 0 Å². The summed E-state index contributed by atoms with van der Waals surface area (Å²) in [5, 5.41) is 4.92. The molecule has 0 saturated carbocycles. The number of hydrogen-bond acceptors (Lipinski definition) is 5. The van der Waals surface area contributed by atoms with Gasteiger partial charge in [0.1, 0.15) is 0 Å². The molecule has 0 unspecified atom stereocenters. The molecule has 2 aromatic rings. The number of piperidine rings is 1. The molecule has 1 saturated heterocycles. The van der Waals surface area contributed by atoms with Gasteiger partial charge in [0.2, 0.25) is 5.89 Å². The molecule has 2 heterocycles. The standard InChI is InChI=1S/C19H27ClN4O/c1-14(2)11-19-21-18(22-25-19)13-23(3)16-7-9-24(10-8-16)17-6-4-5-15(20)12-17/h4-6,12,14,16H,7-11,13H2,1-3H3. The summed E-state index contributed by atoms with van der Waals surface area (Å²) in [6.07, 6.45) is 3.09. The Morgan fingerprint density at radius 2 is 2.08 bits per heavy atom. The molecule has 0 N–H and O–H groups in total. The van der Waals surface area contributed by atoms with Crippen molar-refractivity contribution in [1.29, 1.82) is 0 Å². The first-order valence-electron chi connectivity index (χ1n) is 9.03. The van der Waals surface area contributed by atoms with E-state index in [1.807, 2.05) is 18.2 Å². The molecule has 0 amide bonds. The van der Waals surface area contributed by atoms with Crippen molar-refractivity contribution in [2.24, 2.45) is 5.92 Å². The fourth-order valence-corrected chi connectivity index (χ4v) is 3.56. The van der Waals surface area contributed by atoms with Gasteiger partial charge in [-0.2, -0.15) is 4.98 Å². The third-order valence-electron chi connectivity index (χ3n) is 4.75. The second-order valence-corrected chi connectivity index (χ2v) is 7.75. The number of hydrogen-bond donors (Lipinski definition) is 0. The molecule has 1 aliphatic heterocycles. The van der Waals surface area contributed by atoms with E-state index < -0.39 is 0 Å². The highest BCUT2D eigenvalue weighted by Gasteiger charge is 2.24. The molecule has 0 radical (unpaired) electrons. The van der Waals surface area contributed by atoms with E-state index in [2.05, 4.69) is 46.9 Å². The Labute approximate surface area is 155 Å². The Bertz CT molecular complexity index is 680. The Hall–Kier alpha value is -1.59. The third-order valence-corrected chi connectivity index (χ3v) is 4.98. The lowest BCUT2D eigenvalue weighted by molar-refractivity contribution is 0.194. The topological polar surface area (TPSA) is 45.4 Å². The van der Waals surface area contributed by atoms with Crippen molar-refractivity contribution in [3.8, 4) is 0 Å². The Balaban J connectivity index is 1.51. The van der Waals surface area contributed by atoms with Gasteiger partial charge in [-0.25, -0.2) is 0 Å². The zero-order chi connectivity index (χ0) is 17.8. The predicted octanol–water partition coefficient (Wildman–Crippen LogP) is 4.02. The van der Waals surface area contributed by atoms with Crippen LogP contribution in [0.4, 0.5) is 5.69 Å². The number of benzene rings is 1. The lowest BCUT2D eigenvalue weighted by atomic mass is 10.0. The molecule has 1 aromatic heterocycles. The number of rotatable bonds is 6. The minimum atomic E-state index is 0.529. The van der Waals surface area contributed by atoms with Crippen LogP contribution < -0.4 is 4.90 Å². The van der Waals surface area contributed by atoms with Gasteiger partial charge in [-0.15, -0.1) is 0 Å². The second-order valence-electron chi connectivity index (χ2n) is 7.32. The number of aromatic nitrogens is 2. The maximum atomic E-state index is 6.11. The van der Waals surface area contributed by atoms with Gasteiger partial charge >= 0.3 is 0 Å². The maximum absolute atomic E-state index is 6.11. The normalized spacial score (nSPS) is 16.2. The predicted molar refractivity (Wildman–Crippen MR) is 101 cm³/mol. The quantitative estimate of drug-likeness (QED) is 0.776. The van der Waals surface area contributed by atoms with Crippen LogP contribution in [0.1, 0.15) is 38.4 Å². The molecule has 1 fully saturated rings. The van der Waals surface area contributed by atoms with Crippen LogP contribution in [0.5, 0.6) is 0 Å². The van der Waals surface area contributed by atoms with Crippen molar-refractivity contribution in [2.75, 3.05) is 25.0 Å². The lowest BCUT2D eigenvalue weighted by Gasteiger charge is -2.37. The van der Waals surface area contributed by atoms with Crippen molar-refractivity contribution < 1.29 is 4.52 Å². The molecule has 25 heavy (non-hydrogen) atoms. The van der Waals surface area contributed by atoms with E-state index in [9.17, 15) is 0 Å². The summed E-state index contributed by atoms with van der Waals surface area (Å²) in [6, 6.07) is 8.65. The first kappa shape index (κ1) is 18.2. The minimum Gasteiger partial charge on any atom is -0.371 e. The minimum absolute atomic E-state index is 0.529. The van der Waals surface area contributed by atoms with Gasteiger partial charge in [-0.3, -0.25) is 4.90 Å². The third kappa shape index (κ3) is 4.95. The summed E-state index contributed by atoms with van der Waals surface area (Å²) in [4.78, 5) is 9.27. The van der Waals surface area contributed by atoms with Crippen molar-refractivity contribution in [3.63, 3.8) is 0 Å². The van der Waals surface area contributed by atoms with Crippen molar-refractivity contribution >= 4 is 17.3 Å². The van der Waals surface area contributed by atoms with E-state index in [-0.39, 0.29) is 0 Å². The van der Waals surface area contributed by atoms with E-state index in [4.69, 9.17) is 16.1 Å². The SMILES string of the molecule is CC(C)Cc1nc(CN(C)C2CCN(c3cccc(Cl)c3)CC2)no1. The van der Waals surface area contributed by atoms with Crippen LogP contribution >= 0.6 is 11.6 Å². The van der Waals surface area contributed by atoms with Crippen molar-refractivity contribution in [2.45, 2.75) is 45.7 Å². The Morgan fingerprint density at radius 1 is 1.32 bits per heavy atom. The van der Waals surface area contributed by atoms with Crippen LogP contribution in [-0.2, 0) is 13.0 Å². The summed E-state index contributed by atoms with van der Waals surface area (Å²) >= 11 is 6.11. The first-order chi connectivity index (χ1) is 12.0. The molecule has 1 aliphatic rings. The molecule has 136 valence electrons. The number of nitrogens with zero attached hydrogens (tertiary/aromatic N) is 4. The number of anilines is 1. The molecular weight excluding hydrogens is 336 g/mol. The smallest absolute Gasteiger partial charge is 0.226 e.